The molecule has 3 rings (SSSR count). The molecule has 0 fully saturated rings. The van der Waals surface area contributed by atoms with E-state index in [0.717, 1.165) is 10.4 Å². The predicted molar refractivity (Wildman–Crippen MR) is 71.5 cm³/mol. The third kappa shape index (κ3) is 2.15. The molecule has 1 aromatic heterocycles. The van der Waals surface area contributed by atoms with E-state index in [1.165, 1.54) is 36.8 Å². The van der Waals surface area contributed by atoms with Gasteiger partial charge >= 0.3 is 0 Å². The van der Waals surface area contributed by atoms with E-state index in [9.17, 15) is 5.11 Å². The first-order valence-corrected chi connectivity index (χ1v) is 7.06. The molecule has 1 unspecified atom stereocenters. The second kappa shape index (κ2) is 4.63. The normalized spacial score (nSPS) is 16.5. The summed E-state index contributed by atoms with van der Waals surface area (Å²) in [5.74, 6) is 0. The summed E-state index contributed by atoms with van der Waals surface area (Å²) >= 11 is 1.61. The van der Waals surface area contributed by atoms with Gasteiger partial charge in [0.15, 0.2) is 0 Å². The Morgan fingerprint density at radius 2 is 1.88 bits per heavy atom. The van der Waals surface area contributed by atoms with Gasteiger partial charge in [-0.05, 0) is 53.8 Å². The van der Waals surface area contributed by atoms with Crippen LogP contribution in [0.25, 0.3) is 0 Å². The molecule has 0 saturated carbocycles. The lowest BCUT2D eigenvalue weighted by molar-refractivity contribution is 0.224. The van der Waals surface area contributed by atoms with Crippen molar-refractivity contribution in [2.75, 3.05) is 0 Å². The second-order valence-corrected chi connectivity index (χ2v) is 5.63. The third-order valence-corrected chi connectivity index (χ3v) is 4.43. The first-order chi connectivity index (χ1) is 8.34. The minimum atomic E-state index is -0.456. The summed E-state index contributed by atoms with van der Waals surface area (Å²) in [7, 11) is 0. The van der Waals surface area contributed by atoms with E-state index >= 15 is 0 Å². The van der Waals surface area contributed by atoms with E-state index in [4.69, 9.17) is 0 Å². The number of aliphatic hydroxyl groups excluding tert-OH is 1. The SMILES string of the molecule is OC(c1ccc2c(c1)CCCC2)c1cccs1. The molecule has 2 aromatic rings. The van der Waals surface area contributed by atoms with Crippen molar-refractivity contribution in [2.24, 2.45) is 0 Å². The van der Waals surface area contributed by atoms with Crippen molar-refractivity contribution >= 4 is 11.3 Å². The number of rotatable bonds is 2. The highest BCUT2D eigenvalue weighted by Gasteiger charge is 2.15. The summed E-state index contributed by atoms with van der Waals surface area (Å²) in [6, 6.07) is 10.4. The zero-order valence-corrected chi connectivity index (χ0v) is 10.5. The van der Waals surface area contributed by atoms with Gasteiger partial charge < -0.3 is 5.11 Å². The lowest BCUT2D eigenvalue weighted by Gasteiger charge is -2.18. The highest BCUT2D eigenvalue weighted by Crippen LogP contribution is 2.29. The van der Waals surface area contributed by atoms with Crippen LogP contribution < -0.4 is 0 Å². The highest BCUT2D eigenvalue weighted by molar-refractivity contribution is 7.10. The minimum Gasteiger partial charge on any atom is -0.383 e. The molecule has 88 valence electrons. The fraction of sp³-hybridized carbons (Fsp3) is 0.333. The number of aryl methyl sites for hydroxylation is 2. The molecular weight excluding hydrogens is 228 g/mol. The van der Waals surface area contributed by atoms with Crippen LogP contribution in [0, 0.1) is 0 Å². The third-order valence-electron chi connectivity index (χ3n) is 3.50. The molecule has 1 atom stereocenters. The van der Waals surface area contributed by atoms with Crippen LogP contribution in [0.5, 0.6) is 0 Å². The zero-order chi connectivity index (χ0) is 11.7. The van der Waals surface area contributed by atoms with Crippen LogP contribution in [0.4, 0.5) is 0 Å². The number of fused-ring (bicyclic) bond motifs is 1. The molecule has 1 aliphatic rings. The van der Waals surface area contributed by atoms with Crippen molar-refractivity contribution in [3.8, 4) is 0 Å². The van der Waals surface area contributed by atoms with Gasteiger partial charge in [0, 0.05) is 4.88 Å². The first-order valence-electron chi connectivity index (χ1n) is 6.18. The Bertz CT molecular complexity index is 502. The topological polar surface area (TPSA) is 20.2 Å². The maximum Gasteiger partial charge on any atom is 0.113 e. The Morgan fingerprint density at radius 3 is 2.65 bits per heavy atom. The summed E-state index contributed by atoms with van der Waals surface area (Å²) in [6.07, 6.45) is 4.50. The maximum atomic E-state index is 10.3. The summed E-state index contributed by atoms with van der Waals surface area (Å²) in [5, 5.41) is 12.3. The zero-order valence-electron chi connectivity index (χ0n) is 9.73. The quantitative estimate of drug-likeness (QED) is 0.854. The Balaban J connectivity index is 1.93. The predicted octanol–water partition coefficient (Wildman–Crippen LogP) is 3.71. The van der Waals surface area contributed by atoms with Crippen molar-refractivity contribution in [1.82, 2.24) is 0 Å². The summed E-state index contributed by atoms with van der Waals surface area (Å²) in [6.45, 7) is 0. The van der Waals surface area contributed by atoms with Crippen molar-refractivity contribution in [1.29, 1.82) is 0 Å². The molecule has 2 heteroatoms. The first kappa shape index (κ1) is 11.0. The molecule has 0 radical (unpaired) electrons. The minimum absolute atomic E-state index is 0.456. The van der Waals surface area contributed by atoms with E-state index < -0.39 is 6.10 Å². The standard InChI is InChI=1S/C15H16OS/c16-15(14-6-3-9-17-14)13-8-7-11-4-1-2-5-12(11)10-13/h3,6-10,15-16H,1-2,4-5H2. The fourth-order valence-electron chi connectivity index (χ4n) is 2.53. The van der Waals surface area contributed by atoms with Gasteiger partial charge in [-0.3, -0.25) is 0 Å². The number of hydrogen-bond acceptors (Lipinski definition) is 2. The fourth-order valence-corrected chi connectivity index (χ4v) is 3.27. The van der Waals surface area contributed by atoms with Gasteiger partial charge in [-0.2, -0.15) is 0 Å². The summed E-state index contributed by atoms with van der Waals surface area (Å²) < 4.78 is 0. The van der Waals surface area contributed by atoms with E-state index in [0.29, 0.717) is 0 Å². The number of hydrogen-bond donors (Lipinski definition) is 1. The van der Waals surface area contributed by atoms with E-state index in [-0.39, 0.29) is 0 Å². The van der Waals surface area contributed by atoms with Gasteiger partial charge in [-0.25, -0.2) is 0 Å². The number of aliphatic hydroxyl groups is 1. The van der Waals surface area contributed by atoms with E-state index in [1.54, 1.807) is 11.3 Å². The Kier molecular flexibility index (Phi) is 3.00. The van der Waals surface area contributed by atoms with Crippen LogP contribution in [-0.2, 0) is 12.8 Å². The van der Waals surface area contributed by atoms with Crippen LogP contribution in [0.15, 0.2) is 35.7 Å². The lowest BCUT2D eigenvalue weighted by atomic mass is 9.89. The average molecular weight is 244 g/mol. The molecule has 1 aliphatic carbocycles. The van der Waals surface area contributed by atoms with Crippen LogP contribution >= 0.6 is 11.3 Å². The van der Waals surface area contributed by atoms with Gasteiger partial charge in [0.25, 0.3) is 0 Å². The van der Waals surface area contributed by atoms with Gasteiger partial charge in [0.05, 0.1) is 0 Å². The Hall–Kier alpha value is -1.12. The van der Waals surface area contributed by atoms with Crippen molar-refractivity contribution in [2.45, 2.75) is 31.8 Å². The molecule has 0 aliphatic heterocycles. The van der Waals surface area contributed by atoms with E-state index in [2.05, 4.69) is 18.2 Å². The summed E-state index contributed by atoms with van der Waals surface area (Å²) in [5.41, 5.74) is 3.94. The molecular formula is C15H16OS. The number of thiophene rings is 1. The Morgan fingerprint density at radius 1 is 1.06 bits per heavy atom. The highest BCUT2D eigenvalue weighted by atomic mass is 32.1. The smallest absolute Gasteiger partial charge is 0.113 e. The molecule has 0 bridgehead atoms. The van der Waals surface area contributed by atoms with Crippen molar-refractivity contribution < 1.29 is 5.11 Å². The van der Waals surface area contributed by atoms with Gasteiger partial charge in [0.1, 0.15) is 6.10 Å². The van der Waals surface area contributed by atoms with E-state index in [1.807, 2.05) is 17.5 Å². The van der Waals surface area contributed by atoms with Gasteiger partial charge in [-0.1, -0.05) is 24.3 Å². The molecule has 1 nitrogen and oxygen atoms in total. The largest absolute Gasteiger partial charge is 0.383 e. The van der Waals surface area contributed by atoms with Crippen LogP contribution in [0.2, 0.25) is 0 Å². The summed E-state index contributed by atoms with van der Waals surface area (Å²) in [4.78, 5) is 1.03. The van der Waals surface area contributed by atoms with Crippen LogP contribution in [0.3, 0.4) is 0 Å². The van der Waals surface area contributed by atoms with Gasteiger partial charge in [0.2, 0.25) is 0 Å². The molecule has 0 amide bonds. The van der Waals surface area contributed by atoms with Crippen molar-refractivity contribution in [3.05, 3.63) is 57.3 Å². The number of benzene rings is 1. The van der Waals surface area contributed by atoms with Crippen LogP contribution in [0.1, 0.15) is 40.5 Å². The second-order valence-electron chi connectivity index (χ2n) is 4.65. The molecule has 1 aromatic carbocycles. The van der Waals surface area contributed by atoms with Gasteiger partial charge in [-0.15, -0.1) is 11.3 Å². The molecule has 1 heterocycles. The average Bonchev–Trinajstić information content (AvgIpc) is 2.91. The van der Waals surface area contributed by atoms with Crippen molar-refractivity contribution in [3.63, 3.8) is 0 Å². The molecule has 1 N–H and O–H groups in total. The molecule has 0 saturated heterocycles. The molecule has 0 spiro atoms. The monoisotopic (exact) mass is 244 g/mol. The van der Waals surface area contributed by atoms with Crippen LogP contribution in [-0.4, -0.2) is 5.11 Å². The Labute approximate surface area is 106 Å². The lowest BCUT2D eigenvalue weighted by Crippen LogP contribution is -2.05. The maximum absolute atomic E-state index is 10.3. The molecule has 17 heavy (non-hydrogen) atoms.